The summed E-state index contributed by atoms with van der Waals surface area (Å²) in [5, 5.41) is 3.23. The predicted molar refractivity (Wildman–Crippen MR) is 76.7 cm³/mol. The van der Waals surface area contributed by atoms with Crippen LogP contribution in [0.1, 0.15) is 0 Å². The second-order valence-electron chi connectivity index (χ2n) is 3.66. The van der Waals surface area contributed by atoms with Crippen LogP contribution in [0.15, 0.2) is 29.6 Å². The van der Waals surface area contributed by atoms with Crippen molar-refractivity contribution in [3.63, 3.8) is 0 Å². The van der Waals surface area contributed by atoms with E-state index in [2.05, 4.69) is 15.0 Å². The lowest BCUT2D eigenvalue weighted by atomic mass is 10.2. The number of guanidine groups is 2. The van der Waals surface area contributed by atoms with Gasteiger partial charge in [-0.3, -0.25) is 17.2 Å². The highest BCUT2D eigenvalue weighted by Crippen LogP contribution is 2.23. The molecule has 0 aliphatic heterocycles. The number of nitrogens with two attached hydrogens (primary N) is 3. The molecule has 1 aromatic carbocycles. The number of rotatable bonds is 2. The summed E-state index contributed by atoms with van der Waals surface area (Å²) < 4.78 is 0. The van der Waals surface area contributed by atoms with Crippen LogP contribution in [0.2, 0.25) is 5.02 Å². The van der Waals surface area contributed by atoms with Crippen LogP contribution < -0.4 is 27.2 Å². The fourth-order valence-electron chi connectivity index (χ4n) is 1.39. The molecule has 0 spiro atoms. The number of nitrogens with one attached hydrogen (secondary N) is 2. The number of halogens is 1. The van der Waals surface area contributed by atoms with E-state index in [1.807, 2.05) is 29.6 Å². The average Bonchev–Trinajstić information content (AvgIpc) is 2.77. The summed E-state index contributed by atoms with van der Waals surface area (Å²) in [6, 6.07) is 7.43. The van der Waals surface area contributed by atoms with Crippen molar-refractivity contribution < 1.29 is 9.98 Å². The van der Waals surface area contributed by atoms with Crippen LogP contribution in [0.4, 0.5) is 5.13 Å². The molecule has 98 valence electrons. The number of thiazole rings is 1. The SMILES string of the molecule is NC(N)=[NH+]C(N)=[NH+]c1nc(-c2ccc(Cl)cc2)cs1. The van der Waals surface area contributed by atoms with Gasteiger partial charge < -0.3 is 0 Å². The first kappa shape index (κ1) is 13.3. The summed E-state index contributed by atoms with van der Waals surface area (Å²) in [4.78, 5) is 9.80. The second-order valence-corrected chi connectivity index (χ2v) is 4.96. The quantitative estimate of drug-likeness (QED) is 0.320. The van der Waals surface area contributed by atoms with Gasteiger partial charge in [-0.1, -0.05) is 35.1 Å². The maximum atomic E-state index is 5.84. The van der Waals surface area contributed by atoms with E-state index in [1.165, 1.54) is 11.3 Å². The van der Waals surface area contributed by atoms with Crippen molar-refractivity contribution in [2.75, 3.05) is 0 Å². The maximum Gasteiger partial charge on any atom is 0.392 e. The molecule has 0 aliphatic rings. The molecule has 2 aromatic rings. The fraction of sp³-hybridized carbons (Fsp3) is 0. The Morgan fingerprint density at radius 3 is 2.47 bits per heavy atom. The van der Waals surface area contributed by atoms with E-state index in [9.17, 15) is 0 Å². The minimum atomic E-state index is 0.0134. The third-order valence-electron chi connectivity index (χ3n) is 2.16. The van der Waals surface area contributed by atoms with Crippen molar-refractivity contribution >= 4 is 40.0 Å². The second kappa shape index (κ2) is 5.68. The number of benzene rings is 1. The lowest BCUT2D eigenvalue weighted by Crippen LogP contribution is -2.96. The zero-order chi connectivity index (χ0) is 13.8. The highest BCUT2D eigenvalue weighted by atomic mass is 35.5. The Labute approximate surface area is 118 Å². The van der Waals surface area contributed by atoms with E-state index in [4.69, 9.17) is 28.8 Å². The first-order valence-corrected chi connectivity index (χ1v) is 6.56. The molecule has 8 heteroatoms. The average molecular weight is 297 g/mol. The van der Waals surface area contributed by atoms with Crippen LogP contribution >= 0.6 is 22.9 Å². The Hall–Kier alpha value is -2.12. The summed E-state index contributed by atoms with van der Waals surface area (Å²) in [5.74, 6) is 0.233. The number of hydrogen-bond acceptors (Lipinski definition) is 2. The van der Waals surface area contributed by atoms with Gasteiger partial charge in [0.2, 0.25) is 0 Å². The van der Waals surface area contributed by atoms with Crippen molar-refractivity contribution in [1.29, 1.82) is 0 Å². The van der Waals surface area contributed by atoms with E-state index in [1.54, 1.807) is 0 Å². The van der Waals surface area contributed by atoms with Crippen LogP contribution in [0.5, 0.6) is 0 Å². The summed E-state index contributed by atoms with van der Waals surface area (Å²) in [7, 11) is 0. The molecule has 0 saturated heterocycles. The summed E-state index contributed by atoms with van der Waals surface area (Å²) in [6.45, 7) is 0. The summed E-state index contributed by atoms with van der Waals surface area (Å²) in [5.41, 5.74) is 18.0. The molecular formula is C11H13ClN6S+2. The Morgan fingerprint density at radius 2 is 1.84 bits per heavy atom. The molecule has 1 aromatic heterocycles. The van der Waals surface area contributed by atoms with Crippen LogP contribution in [0.25, 0.3) is 11.3 Å². The highest BCUT2D eigenvalue weighted by molar-refractivity contribution is 7.13. The van der Waals surface area contributed by atoms with Gasteiger partial charge in [-0.25, -0.2) is 9.98 Å². The third-order valence-corrected chi connectivity index (χ3v) is 3.17. The molecule has 19 heavy (non-hydrogen) atoms. The van der Waals surface area contributed by atoms with E-state index in [0.717, 1.165) is 11.3 Å². The van der Waals surface area contributed by atoms with Gasteiger partial charge in [0.05, 0.1) is 5.69 Å². The number of nitrogens with zero attached hydrogens (tertiary/aromatic N) is 1. The smallest absolute Gasteiger partial charge is 0.275 e. The van der Waals surface area contributed by atoms with Gasteiger partial charge in [0.15, 0.2) is 0 Å². The number of hydrogen-bond donors (Lipinski definition) is 5. The zero-order valence-electron chi connectivity index (χ0n) is 9.85. The van der Waals surface area contributed by atoms with Crippen LogP contribution in [0.3, 0.4) is 0 Å². The predicted octanol–water partition coefficient (Wildman–Crippen LogP) is -2.16. The molecule has 1 heterocycles. The molecule has 2 rings (SSSR count). The minimum absolute atomic E-state index is 0.0134. The van der Waals surface area contributed by atoms with Crippen LogP contribution in [-0.2, 0) is 0 Å². The van der Waals surface area contributed by atoms with E-state index >= 15 is 0 Å². The van der Waals surface area contributed by atoms with Crippen LogP contribution in [0, 0.1) is 0 Å². The van der Waals surface area contributed by atoms with Gasteiger partial charge in [-0.15, -0.1) is 0 Å². The molecule has 0 fully saturated rings. The molecule has 0 atom stereocenters. The highest BCUT2D eigenvalue weighted by Gasteiger charge is 2.07. The monoisotopic (exact) mass is 296 g/mol. The zero-order valence-corrected chi connectivity index (χ0v) is 11.4. The Bertz CT molecular complexity index is 627. The molecule has 0 radical (unpaired) electrons. The fourth-order valence-corrected chi connectivity index (χ4v) is 2.24. The minimum Gasteiger partial charge on any atom is -0.275 e. The molecular weight excluding hydrogens is 284 g/mol. The standard InChI is InChI=1S/C11H11ClN6S/c12-7-3-1-6(2-4-7)8-5-19-11(16-8)18-10(15)17-9(13)14/h1-5H,(H6,13,14,15,16,17,18)/p+2. The summed E-state index contributed by atoms with van der Waals surface area (Å²) >= 11 is 7.25. The van der Waals surface area contributed by atoms with Gasteiger partial charge in [-0.2, -0.15) is 4.99 Å². The Morgan fingerprint density at radius 1 is 1.16 bits per heavy atom. The van der Waals surface area contributed by atoms with Gasteiger partial charge in [-0.05, 0) is 12.1 Å². The first-order valence-electron chi connectivity index (χ1n) is 5.30. The van der Waals surface area contributed by atoms with Crippen molar-refractivity contribution in [2.24, 2.45) is 17.2 Å². The van der Waals surface area contributed by atoms with Crippen molar-refractivity contribution in [1.82, 2.24) is 4.98 Å². The van der Waals surface area contributed by atoms with E-state index in [0.29, 0.717) is 10.2 Å². The number of aromatic nitrogens is 1. The lowest BCUT2D eigenvalue weighted by Gasteiger charge is -1.95. The molecule has 6 nitrogen and oxygen atoms in total. The normalized spacial score (nSPS) is 11.3. The van der Waals surface area contributed by atoms with Gasteiger partial charge >= 0.3 is 11.9 Å². The lowest BCUT2D eigenvalue weighted by molar-refractivity contribution is -0.459. The van der Waals surface area contributed by atoms with Gasteiger partial charge in [0, 0.05) is 16.0 Å². The topological polar surface area (TPSA) is 119 Å². The van der Waals surface area contributed by atoms with Crippen molar-refractivity contribution in [3.05, 3.63) is 34.7 Å². The van der Waals surface area contributed by atoms with Crippen molar-refractivity contribution in [2.45, 2.75) is 0 Å². The molecule has 0 saturated carbocycles. The van der Waals surface area contributed by atoms with Gasteiger partial charge in [0.25, 0.3) is 5.13 Å². The molecule has 0 unspecified atom stereocenters. The van der Waals surface area contributed by atoms with Crippen LogP contribution in [-0.4, -0.2) is 16.9 Å². The van der Waals surface area contributed by atoms with E-state index in [-0.39, 0.29) is 11.9 Å². The first-order chi connectivity index (χ1) is 9.04. The maximum absolute atomic E-state index is 5.84. The molecule has 0 aliphatic carbocycles. The van der Waals surface area contributed by atoms with Gasteiger partial charge in [0.1, 0.15) is 0 Å². The largest absolute Gasteiger partial charge is 0.392 e. The summed E-state index contributed by atoms with van der Waals surface area (Å²) in [6.07, 6.45) is 0. The molecule has 8 N–H and O–H groups in total. The molecule has 0 amide bonds. The Balaban J connectivity index is 2.24. The van der Waals surface area contributed by atoms with E-state index < -0.39 is 0 Å². The Kier molecular flexibility index (Phi) is 3.98. The van der Waals surface area contributed by atoms with Crippen molar-refractivity contribution in [3.8, 4) is 11.3 Å². The molecule has 0 bridgehead atoms. The third kappa shape index (κ3) is 3.67.